The van der Waals surface area contributed by atoms with Crippen LogP contribution in [-0.4, -0.2) is 48.8 Å². The largest absolute Gasteiger partial charge is 0.495 e. The molecule has 0 N–H and O–H groups in total. The van der Waals surface area contributed by atoms with E-state index in [9.17, 15) is 4.39 Å². The van der Waals surface area contributed by atoms with Crippen LogP contribution in [0, 0.1) is 29.3 Å². The van der Waals surface area contributed by atoms with Crippen molar-refractivity contribution in [1.82, 2.24) is 9.55 Å². The molecule has 0 atom stereocenters. The van der Waals surface area contributed by atoms with Crippen molar-refractivity contribution < 1.29 is 22.4 Å². The van der Waals surface area contributed by atoms with E-state index in [-0.39, 0.29) is 22.7 Å². The Morgan fingerprint density at radius 3 is 2.27 bits per heavy atom. The van der Waals surface area contributed by atoms with Gasteiger partial charge in [0.15, 0.2) is 5.16 Å². The molecule has 0 fully saturated rings. The molecule has 0 aliphatic heterocycles. The number of hydrogen-bond acceptors (Lipinski definition) is 3. The first-order valence-corrected chi connectivity index (χ1v) is 14.2. The molecule has 0 bridgehead atoms. The molecule has 3 aromatic carbocycles. The van der Waals surface area contributed by atoms with E-state index in [1.54, 1.807) is 31.5 Å². The van der Waals surface area contributed by atoms with Crippen molar-refractivity contribution >= 4 is 23.4 Å². The van der Waals surface area contributed by atoms with Crippen LogP contribution in [0.4, 0.5) is 13.2 Å². The van der Waals surface area contributed by atoms with Crippen LogP contribution >= 0.6 is 23.4 Å². The van der Waals surface area contributed by atoms with E-state index in [2.05, 4.69) is 16.8 Å². The Morgan fingerprint density at radius 1 is 1.00 bits per heavy atom. The number of thioether (sulfide) groups is 1. The Morgan fingerprint density at radius 2 is 1.66 bits per heavy atom. The quantitative estimate of drug-likeness (QED) is 0.119. The summed E-state index contributed by atoms with van der Waals surface area (Å²) in [5.74, 6) is 4.65. The lowest BCUT2D eigenvalue weighted by Gasteiger charge is -2.28. The number of imidazole rings is 1. The lowest BCUT2D eigenvalue weighted by atomic mass is 9.81. The van der Waals surface area contributed by atoms with Gasteiger partial charge in [0.05, 0.1) is 45.2 Å². The maximum atomic E-state index is 15.0. The molecule has 9 heteroatoms. The van der Waals surface area contributed by atoms with Gasteiger partial charge in [-0.15, -0.1) is 0 Å². The van der Waals surface area contributed by atoms with Crippen LogP contribution in [0.5, 0.6) is 5.75 Å². The lowest BCUT2D eigenvalue weighted by molar-refractivity contribution is -0.862. The van der Waals surface area contributed by atoms with Crippen molar-refractivity contribution in [2.75, 3.05) is 34.8 Å². The predicted molar refractivity (Wildman–Crippen MR) is 159 cm³/mol. The minimum Gasteiger partial charge on any atom is -0.495 e. The molecule has 0 unspecified atom stereocenters. The molecule has 0 saturated heterocycles. The van der Waals surface area contributed by atoms with Gasteiger partial charge in [-0.05, 0) is 60.0 Å². The zero-order chi connectivity index (χ0) is 29.9. The normalized spacial score (nSPS) is 11.8. The van der Waals surface area contributed by atoms with Crippen LogP contribution < -0.4 is 4.74 Å². The van der Waals surface area contributed by atoms with E-state index in [4.69, 9.17) is 16.3 Å². The van der Waals surface area contributed by atoms with Crippen molar-refractivity contribution in [2.45, 2.75) is 30.2 Å². The highest BCUT2D eigenvalue weighted by atomic mass is 35.5. The molecule has 0 amide bonds. The third kappa shape index (κ3) is 7.10. The summed E-state index contributed by atoms with van der Waals surface area (Å²) in [6.07, 6.45) is 1.73. The number of nitrogens with zero attached hydrogens (tertiary/aromatic N) is 3. The van der Waals surface area contributed by atoms with Crippen LogP contribution in [0.3, 0.4) is 0 Å². The van der Waals surface area contributed by atoms with Crippen molar-refractivity contribution in [1.29, 1.82) is 0 Å². The fraction of sp³-hybridized carbons (Fsp3) is 0.281. The Kier molecular flexibility index (Phi) is 9.13. The molecule has 4 nitrogen and oxygen atoms in total. The molecular formula is C32H32ClF3N3OS+. The average molecular weight is 599 g/mol. The van der Waals surface area contributed by atoms with Crippen molar-refractivity contribution in [3.05, 3.63) is 106 Å². The zero-order valence-electron chi connectivity index (χ0n) is 23.9. The minimum atomic E-state index is -0.666. The van der Waals surface area contributed by atoms with Gasteiger partial charge in [-0.3, -0.25) is 4.57 Å². The number of quaternary nitrogens is 1. The van der Waals surface area contributed by atoms with Crippen molar-refractivity contribution in [3.8, 4) is 23.3 Å². The second kappa shape index (κ2) is 12.2. The molecule has 4 rings (SSSR count). The average Bonchev–Trinajstić information content (AvgIpc) is 3.33. The third-order valence-electron chi connectivity index (χ3n) is 6.60. The van der Waals surface area contributed by atoms with E-state index in [1.165, 1.54) is 36.0 Å². The number of methoxy groups -OCH3 is 1. The second-order valence-electron chi connectivity index (χ2n) is 11.2. The fourth-order valence-corrected chi connectivity index (χ4v) is 5.45. The Hall–Kier alpha value is -3.38. The highest BCUT2D eigenvalue weighted by Crippen LogP contribution is 2.39. The van der Waals surface area contributed by atoms with Crippen LogP contribution in [0.2, 0.25) is 5.02 Å². The summed E-state index contributed by atoms with van der Waals surface area (Å²) in [4.78, 5) is 4.63. The van der Waals surface area contributed by atoms with Crippen LogP contribution in [-0.2, 0) is 11.2 Å². The van der Waals surface area contributed by atoms with Crippen LogP contribution in [0.25, 0.3) is 5.69 Å². The maximum absolute atomic E-state index is 15.0. The Bertz CT molecular complexity index is 1590. The maximum Gasteiger partial charge on any atom is 0.173 e. The molecule has 0 aliphatic carbocycles. The van der Waals surface area contributed by atoms with Gasteiger partial charge in [-0.25, -0.2) is 18.2 Å². The number of ether oxygens (including phenoxy) is 1. The molecule has 4 aromatic rings. The van der Waals surface area contributed by atoms with E-state index in [1.807, 2.05) is 51.7 Å². The van der Waals surface area contributed by atoms with Gasteiger partial charge in [-0.2, -0.15) is 0 Å². The molecule has 0 spiro atoms. The topological polar surface area (TPSA) is 27.1 Å². The number of rotatable bonds is 8. The summed E-state index contributed by atoms with van der Waals surface area (Å²) < 4.78 is 51.8. The minimum absolute atomic E-state index is 0.00288. The van der Waals surface area contributed by atoms with Crippen LogP contribution in [0.1, 0.15) is 36.2 Å². The number of benzene rings is 3. The highest BCUT2D eigenvalue weighted by Gasteiger charge is 2.30. The molecule has 1 heterocycles. The lowest BCUT2D eigenvalue weighted by Crippen LogP contribution is -2.34. The molecule has 0 aliphatic rings. The molecule has 214 valence electrons. The van der Waals surface area contributed by atoms with E-state index < -0.39 is 17.0 Å². The SMILES string of the molecule is COc1cc(C(C)(C)c2cnc(SCc3c(F)cc(C#CC[N+](C)(C)C)cc3F)n2-c2ccc(F)cc2)ccc1Cl. The molecule has 0 radical (unpaired) electrons. The first-order chi connectivity index (χ1) is 19.3. The Labute approximate surface area is 248 Å². The summed E-state index contributed by atoms with van der Waals surface area (Å²) >= 11 is 7.46. The standard InChI is InChI=1S/C32H32ClF3N3OS/c1-32(2,22-9-14-26(33)29(18-22)40-6)30-19-37-31(38(30)24-12-10-23(34)11-13-24)41-20-25-27(35)16-21(17-28(25)36)8-7-15-39(3,4)5/h9-14,16-19H,15,20H2,1-6H3/q+1. The molecular weight excluding hydrogens is 567 g/mol. The molecule has 0 saturated carbocycles. The summed E-state index contributed by atoms with van der Waals surface area (Å²) in [6.45, 7) is 4.60. The first kappa shape index (κ1) is 30.6. The molecule has 41 heavy (non-hydrogen) atoms. The first-order valence-electron chi connectivity index (χ1n) is 12.9. The smallest absolute Gasteiger partial charge is 0.173 e. The van der Waals surface area contributed by atoms with Gasteiger partial charge >= 0.3 is 0 Å². The summed E-state index contributed by atoms with van der Waals surface area (Å²) in [5.41, 5.74) is 2.00. The summed E-state index contributed by atoms with van der Waals surface area (Å²) in [5, 5.41) is 0.996. The van der Waals surface area contributed by atoms with Crippen molar-refractivity contribution in [2.24, 2.45) is 0 Å². The van der Waals surface area contributed by atoms with Gasteiger partial charge in [0, 0.05) is 28.0 Å². The fourth-order valence-electron chi connectivity index (χ4n) is 4.24. The third-order valence-corrected chi connectivity index (χ3v) is 7.89. The number of halogens is 4. The van der Waals surface area contributed by atoms with Crippen LogP contribution in [0.15, 0.2) is 66.0 Å². The summed E-state index contributed by atoms with van der Waals surface area (Å²) in [7, 11) is 7.53. The molecule has 1 aromatic heterocycles. The number of hydrogen-bond donors (Lipinski definition) is 0. The Balaban J connectivity index is 1.70. The monoisotopic (exact) mass is 598 g/mol. The highest BCUT2D eigenvalue weighted by molar-refractivity contribution is 7.98. The van der Waals surface area contributed by atoms with Gasteiger partial charge in [0.1, 0.15) is 29.7 Å². The van der Waals surface area contributed by atoms with Crippen molar-refractivity contribution in [3.63, 3.8) is 0 Å². The van der Waals surface area contributed by atoms with Gasteiger partial charge in [0.25, 0.3) is 0 Å². The predicted octanol–water partition coefficient (Wildman–Crippen LogP) is 7.63. The number of aromatic nitrogens is 2. The summed E-state index contributed by atoms with van der Waals surface area (Å²) in [6, 6.07) is 14.1. The van der Waals surface area contributed by atoms with E-state index >= 15 is 8.78 Å². The van der Waals surface area contributed by atoms with Gasteiger partial charge < -0.3 is 9.22 Å². The van der Waals surface area contributed by atoms with Gasteiger partial charge in [-0.1, -0.05) is 49.2 Å². The van der Waals surface area contributed by atoms with Gasteiger partial charge in [0.2, 0.25) is 0 Å². The zero-order valence-corrected chi connectivity index (χ0v) is 25.4. The van der Waals surface area contributed by atoms with E-state index in [0.29, 0.717) is 32.6 Å². The second-order valence-corrected chi connectivity index (χ2v) is 12.5. The van der Waals surface area contributed by atoms with E-state index in [0.717, 1.165) is 11.3 Å².